The number of nitrogens with one attached hydrogen (secondary N) is 1. The number of carbonyl (C=O) groups is 1. The number of nitrogen functional groups attached to an aromatic ring is 1. The summed E-state index contributed by atoms with van der Waals surface area (Å²) < 4.78 is 0. The fourth-order valence-electron chi connectivity index (χ4n) is 3.28. The molecule has 102 valence electrons. The first kappa shape index (κ1) is 12.3. The minimum atomic E-state index is -0.00679. The highest BCUT2D eigenvalue weighted by Crippen LogP contribution is 2.34. The molecule has 2 heterocycles. The van der Waals surface area contributed by atoms with E-state index < -0.39 is 0 Å². The number of nitrogens with zero attached hydrogens (tertiary/aromatic N) is 3. The van der Waals surface area contributed by atoms with Gasteiger partial charge < -0.3 is 10.3 Å². The van der Waals surface area contributed by atoms with Crippen LogP contribution in [0.5, 0.6) is 0 Å². The van der Waals surface area contributed by atoms with Gasteiger partial charge in [-0.3, -0.25) is 4.79 Å². The van der Waals surface area contributed by atoms with Crippen LogP contribution in [0.2, 0.25) is 0 Å². The lowest BCUT2D eigenvalue weighted by molar-refractivity contribution is 0.0498. The van der Waals surface area contributed by atoms with Crippen molar-refractivity contribution in [1.29, 1.82) is 0 Å². The lowest BCUT2D eigenvalue weighted by Crippen LogP contribution is -2.46. The van der Waals surface area contributed by atoms with E-state index >= 15 is 0 Å². The molecule has 3 rings (SSSR count). The van der Waals surface area contributed by atoms with Gasteiger partial charge >= 0.3 is 0 Å². The van der Waals surface area contributed by atoms with Gasteiger partial charge in [0, 0.05) is 13.1 Å². The molecule has 0 spiro atoms. The predicted octanol–water partition coefficient (Wildman–Crippen LogP) is 1.02. The molecule has 0 aromatic carbocycles. The number of anilines is 1. The Labute approximate surface area is 112 Å². The molecular weight excluding hydrogens is 242 g/mol. The van der Waals surface area contributed by atoms with Gasteiger partial charge in [0.05, 0.1) is 0 Å². The molecule has 6 nitrogen and oxygen atoms in total. The van der Waals surface area contributed by atoms with Crippen LogP contribution in [-0.2, 0) is 0 Å². The second kappa shape index (κ2) is 5.13. The summed E-state index contributed by atoms with van der Waals surface area (Å²) in [6.45, 7) is 1.74. The minimum Gasteiger partial charge on any atom is -0.337 e. The van der Waals surface area contributed by atoms with Crippen molar-refractivity contribution in [3.63, 3.8) is 0 Å². The van der Waals surface area contributed by atoms with Gasteiger partial charge in [0.25, 0.3) is 5.91 Å². The Balaban J connectivity index is 1.72. The molecule has 3 N–H and O–H groups in total. The normalized spacial score (nSPS) is 26.1. The van der Waals surface area contributed by atoms with Crippen LogP contribution in [0.1, 0.15) is 36.2 Å². The Morgan fingerprint density at radius 3 is 2.58 bits per heavy atom. The van der Waals surface area contributed by atoms with Crippen LogP contribution in [0.25, 0.3) is 0 Å². The Kier molecular flexibility index (Phi) is 3.33. The molecule has 6 heteroatoms. The standard InChI is InChI=1S/C13H19N5O/c14-15-12-5-4-11(16-17-12)13(19)18-7-9-2-1-3-10(6-9)8-18/h4-5,9-10H,1-3,6-8,14H2,(H,15,17). The summed E-state index contributed by atoms with van der Waals surface area (Å²) in [5.74, 6) is 7.04. The van der Waals surface area contributed by atoms with Crippen molar-refractivity contribution < 1.29 is 4.79 Å². The number of amides is 1. The van der Waals surface area contributed by atoms with Crippen LogP contribution >= 0.6 is 0 Å². The molecule has 1 aliphatic heterocycles. The summed E-state index contributed by atoms with van der Waals surface area (Å²) in [4.78, 5) is 14.3. The average molecular weight is 261 g/mol. The Morgan fingerprint density at radius 2 is 2.00 bits per heavy atom. The molecule has 1 saturated heterocycles. The number of hydrazine groups is 1. The largest absolute Gasteiger partial charge is 0.337 e. The first-order valence-electron chi connectivity index (χ1n) is 6.86. The molecule has 1 aromatic rings. The predicted molar refractivity (Wildman–Crippen MR) is 71.2 cm³/mol. The van der Waals surface area contributed by atoms with Crippen LogP contribution < -0.4 is 11.3 Å². The number of rotatable bonds is 2. The Bertz CT molecular complexity index is 449. The van der Waals surface area contributed by atoms with E-state index in [4.69, 9.17) is 5.84 Å². The molecule has 2 bridgehead atoms. The van der Waals surface area contributed by atoms with Crippen molar-refractivity contribution in [1.82, 2.24) is 15.1 Å². The maximum atomic E-state index is 12.4. The summed E-state index contributed by atoms with van der Waals surface area (Å²) in [7, 11) is 0. The van der Waals surface area contributed by atoms with Crippen molar-refractivity contribution >= 4 is 11.7 Å². The van der Waals surface area contributed by atoms with E-state index in [1.807, 2.05) is 4.90 Å². The topological polar surface area (TPSA) is 84.1 Å². The summed E-state index contributed by atoms with van der Waals surface area (Å²) in [6, 6.07) is 3.35. The van der Waals surface area contributed by atoms with Gasteiger partial charge in [0.2, 0.25) is 0 Å². The number of fused-ring (bicyclic) bond motifs is 2. The summed E-state index contributed by atoms with van der Waals surface area (Å²) in [6.07, 6.45) is 5.10. The third kappa shape index (κ3) is 2.53. The number of hydrogen-bond acceptors (Lipinski definition) is 5. The number of hydrogen-bond donors (Lipinski definition) is 2. The first-order valence-corrected chi connectivity index (χ1v) is 6.86. The Hall–Kier alpha value is -1.69. The minimum absolute atomic E-state index is 0.00679. The quantitative estimate of drug-likeness (QED) is 0.613. The van der Waals surface area contributed by atoms with Crippen LogP contribution in [0, 0.1) is 11.8 Å². The molecule has 1 aliphatic carbocycles. The van der Waals surface area contributed by atoms with E-state index in [1.54, 1.807) is 12.1 Å². The number of nitrogens with two attached hydrogens (primary N) is 1. The molecule has 1 aromatic heterocycles. The molecule has 2 unspecified atom stereocenters. The van der Waals surface area contributed by atoms with Crippen LogP contribution in [-0.4, -0.2) is 34.1 Å². The van der Waals surface area contributed by atoms with Crippen molar-refractivity contribution in [3.8, 4) is 0 Å². The van der Waals surface area contributed by atoms with Crippen molar-refractivity contribution in [2.75, 3.05) is 18.5 Å². The Morgan fingerprint density at radius 1 is 1.26 bits per heavy atom. The van der Waals surface area contributed by atoms with Crippen LogP contribution in [0.3, 0.4) is 0 Å². The summed E-state index contributed by atoms with van der Waals surface area (Å²) >= 11 is 0. The first-order chi connectivity index (χ1) is 9.26. The van der Waals surface area contributed by atoms with Gasteiger partial charge in [-0.2, -0.15) is 0 Å². The van der Waals surface area contributed by atoms with E-state index in [9.17, 15) is 4.79 Å². The average Bonchev–Trinajstić information content (AvgIpc) is 2.46. The highest BCUT2D eigenvalue weighted by Gasteiger charge is 2.33. The zero-order valence-electron chi connectivity index (χ0n) is 10.9. The lowest BCUT2D eigenvalue weighted by atomic mass is 9.78. The zero-order chi connectivity index (χ0) is 13.2. The molecule has 19 heavy (non-hydrogen) atoms. The van der Waals surface area contributed by atoms with E-state index in [0.29, 0.717) is 23.3 Å². The van der Waals surface area contributed by atoms with E-state index in [1.165, 1.54) is 25.7 Å². The third-order valence-corrected chi connectivity index (χ3v) is 4.17. The number of aromatic nitrogens is 2. The fourth-order valence-corrected chi connectivity index (χ4v) is 3.28. The van der Waals surface area contributed by atoms with Crippen LogP contribution in [0.15, 0.2) is 12.1 Å². The second-order valence-corrected chi connectivity index (χ2v) is 5.56. The monoisotopic (exact) mass is 261 g/mol. The highest BCUT2D eigenvalue weighted by atomic mass is 16.2. The summed E-state index contributed by atoms with van der Waals surface area (Å²) in [5, 5.41) is 7.79. The molecule has 0 radical (unpaired) electrons. The van der Waals surface area contributed by atoms with Gasteiger partial charge in [0.1, 0.15) is 0 Å². The molecule has 2 aliphatic rings. The fraction of sp³-hybridized carbons (Fsp3) is 0.615. The van der Waals surface area contributed by atoms with Gasteiger partial charge in [-0.1, -0.05) is 6.42 Å². The number of piperidine rings is 1. The summed E-state index contributed by atoms with van der Waals surface area (Å²) in [5.41, 5.74) is 2.81. The van der Waals surface area contributed by atoms with Gasteiger partial charge in [-0.15, -0.1) is 10.2 Å². The maximum Gasteiger partial charge on any atom is 0.274 e. The maximum absolute atomic E-state index is 12.4. The second-order valence-electron chi connectivity index (χ2n) is 5.56. The lowest BCUT2D eigenvalue weighted by Gasteiger charge is -2.41. The molecule has 2 atom stereocenters. The molecule has 1 saturated carbocycles. The van der Waals surface area contributed by atoms with Gasteiger partial charge in [-0.25, -0.2) is 5.84 Å². The smallest absolute Gasteiger partial charge is 0.274 e. The molecular formula is C13H19N5O. The molecule has 2 fully saturated rings. The van der Waals surface area contributed by atoms with E-state index in [2.05, 4.69) is 15.6 Å². The van der Waals surface area contributed by atoms with E-state index in [0.717, 1.165) is 13.1 Å². The van der Waals surface area contributed by atoms with Crippen molar-refractivity contribution in [2.24, 2.45) is 17.7 Å². The highest BCUT2D eigenvalue weighted by molar-refractivity contribution is 5.92. The van der Waals surface area contributed by atoms with Gasteiger partial charge in [0.15, 0.2) is 11.5 Å². The van der Waals surface area contributed by atoms with Crippen LogP contribution in [0.4, 0.5) is 5.82 Å². The van der Waals surface area contributed by atoms with E-state index in [-0.39, 0.29) is 5.91 Å². The molecule has 1 amide bonds. The zero-order valence-corrected chi connectivity index (χ0v) is 10.9. The van der Waals surface area contributed by atoms with Crippen molar-refractivity contribution in [2.45, 2.75) is 25.7 Å². The number of carbonyl (C=O) groups excluding carboxylic acids is 1. The number of likely N-dealkylation sites (tertiary alicyclic amines) is 1. The third-order valence-electron chi connectivity index (χ3n) is 4.17. The SMILES string of the molecule is NNc1ccc(C(=O)N2CC3CCCC(C3)C2)nn1. The van der Waals surface area contributed by atoms with Gasteiger partial charge in [-0.05, 0) is 43.2 Å². The van der Waals surface area contributed by atoms with Crippen molar-refractivity contribution in [3.05, 3.63) is 17.8 Å².